The van der Waals surface area contributed by atoms with E-state index in [-0.39, 0.29) is 6.42 Å². The number of hydrogen-bond donors (Lipinski definition) is 2. The van der Waals surface area contributed by atoms with Gasteiger partial charge in [0, 0.05) is 18.9 Å². The molecule has 2 aromatic carbocycles. The molecule has 0 unspecified atom stereocenters. The maximum absolute atomic E-state index is 12.4. The van der Waals surface area contributed by atoms with Crippen LogP contribution in [-0.2, 0) is 16.0 Å². The highest BCUT2D eigenvalue weighted by molar-refractivity contribution is 5.97. The van der Waals surface area contributed by atoms with Crippen molar-refractivity contribution in [1.29, 1.82) is 0 Å². The van der Waals surface area contributed by atoms with Crippen LogP contribution < -0.4 is 20.5 Å². The van der Waals surface area contributed by atoms with Crippen LogP contribution in [0.2, 0.25) is 0 Å². The van der Waals surface area contributed by atoms with Crippen molar-refractivity contribution in [2.24, 2.45) is 5.73 Å². The van der Waals surface area contributed by atoms with Crippen LogP contribution in [0, 0.1) is 0 Å². The van der Waals surface area contributed by atoms with Crippen LogP contribution in [0.1, 0.15) is 22.8 Å². The van der Waals surface area contributed by atoms with Gasteiger partial charge in [0.25, 0.3) is 5.91 Å². The predicted octanol–water partition coefficient (Wildman–Crippen LogP) is 1.45. The van der Waals surface area contributed by atoms with Gasteiger partial charge in [-0.15, -0.1) is 0 Å². The number of carbonyl (C=O) groups is 3. The van der Waals surface area contributed by atoms with E-state index < -0.39 is 23.8 Å². The molecular formula is C19H20N2O5. The van der Waals surface area contributed by atoms with Gasteiger partial charge in [0.05, 0.1) is 7.11 Å². The van der Waals surface area contributed by atoms with Gasteiger partial charge in [-0.1, -0.05) is 18.2 Å². The zero-order chi connectivity index (χ0) is 19.1. The van der Waals surface area contributed by atoms with Gasteiger partial charge in [0.15, 0.2) is 0 Å². The lowest BCUT2D eigenvalue weighted by Gasteiger charge is -2.17. The van der Waals surface area contributed by atoms with Gasteiger partial charge in [-0.3, -0.25) is 14.4 Å². The molecule has 0 saturated heterocycles. The van der Waals surface area contributed by atoms with E-state index in [1.165, 1.54) is 38.3 Å². The number of nitrogens with one attached hydrogen (secondary N) is 1. The number of rotatable bonds is 7. The Kier molecular flexibility index (Phi) is 6.32. The number of esters is 1. The zero-order valence-corrected chi connectivity index (χ0v) is 14.5. The summed E-state index contributed by atoms with van der Waals surface area (Å²) in [4.78, 5) is 35.0. The van der Waals surface area contributed by atoms with Crippen molar-refractivity contribution in [1.82, 2.24) is 5.32 Å². The van der Waals surface area contributed by atoms with E-state index in [1.54, 1.807) is 12.1 Å². The fraction of sp³-hybridized carbons (Fsp3) is 0.211. The highest BCUT2D eigenvalue weighted by atomic mass is 16.5. The van der Waals surface area contributed by atoms with Crippen LogP contribution in [0.3, 0.4) is 0 Å². The molecule has 7 heteroatoms. The molecule has 0 aromatic heterocycles. The summed E-state index contributed by atoms with van der Waals surface area (Å²) < 4.78 is 10.2. The second-order valence-electron chi connectivity index (χ2n) is 5.56. The van der Waals surface area contributed by atoms with Crippen LogP contribution >= 0.6 is 0 Å². The maximum Gasteiger partial charge on any atom is 0.308 e. The monoisotopic (exact) mass is 356 g/mol. The Morgan fingerprint density at radius 3 is 2.31 bits per heavy atom. The molecule has 0 aliphatic heterocycles. The van der Waals surface area contributed by atoms with Crippen molar-refractivity contribution < 1.29 is 23.9 Å². The number of primary amides is 1. The van der Waals surface area contributed by atoms with Crippen molar-refractivity contribution in [3.63, 3.8) is 0 Å². The Labute approximate surface area is 151 Å². The lowest BCUT2D eigenvalue weighted by Crippen LogP contribution is -2.45. The van der Waals surface area contributed by atoms with E-state index >= 15 is 0 Å². The number of nitrogens with two attached hydrogens (primary N) is 1. The molecule has 136 valence electrons. The molecule has 26 heavy (non-hydrogen) atoms. The van der Waals surface area contributed by atoms with Gasteiger partial charge in [0.1, 0.15) is 17.5 Å². The lowest BCUT2D eigenvalue weighted by molar-refractivity contribution is -0.131. The normalized spacial score (nSPS) is 11.3. The third-order valence-corrected chi connectivity index (χ3v) is 3.64. The lowest BCUT2D eigenvalue weighted by atomic mass is 10.0. The molecule has 3 N–H and O–H groups in total. The van der Waals surface area contributed by atoms with E-state index in [4.69, 9.17) is 15.2 Å². The van der Waals surface area contributed by atoms with Crippen LogP contribution in [0.25, 0.3) is 0 Å². The number of ether oxygens (including phenoxy) is 2. The first-order valence-electron chi connectivity index (χ1n) is 7.91. The number of carbonyl (C=O) groups excluding carboxylic acids is 3. The van der Waals surface area contributed by atoms with E-state index in [0.29, 0.717) is 17.1 Å². The van der Waals surface area contributed by atoms with Crippen LogP contribution in [0.4, 0.5) is 0 Å². The summed E-state index contributed by atoms with van der Waals surface area (Å²) in [5, 5.41) is 2.62. The average molecular weight is 356 g/mol. The van der Waals surface area contributed by atoms with Crippen LogP contribution in [0.15, 0.2) is 48.5 Å². The van der Waals surface area contributed by atoms with Gasteiger partial charge in [-0.25, -0.2) is 0 Å². The third kappa shape index (κ3) is 5.07. The third-order valence-electron chi connectivity index (χ3n) is 3.64. The van der Waals surface area contributed by atoms with Crippen molar-refractivity contribution in [2.75, 3.05) is 7.11 Å². The Morgan fingerprint density at radius 2 is 1.73 bits per heavy atom. The summed E-state index contributed by atoms with van der Waals surface area (Å²) >= 11 is 0. The zero-order valence-electron chi connectivity index (χ0n) is 14.5. The van der Waals surface area contributed by atoms with Crippen LogP contribution in [-0.4, -0.2) is 30.9 Å². The fourth-order valence-electron chi connectivity index (χ4n) is 2.40. The highest BCUT2D eigenvalue weighted by Gasteiger charge is 2.21. The Morgan fingerprint density at radius 1 is 1.08 bits per heavy atom. The number of methoxy groups -OCH3 is 1. The van der Waals surface area contributed by atoms with Crippen molar-refractivity contribution in [3.05, 3.63) is 59.7 Å². The van der Waals surface area contributed by atoms with Crippen LogP contribution in [0.5, 0.6) is 11.5 Å². The molecule has 0 radical (unpaired) electrons. The molecule has 0 saturated carbocycles. The molecule has 2 aromatic rings. The summed E-state index contributed by atoms with van der Waals surface area (Å²) in [6.07, 6.45) is 0.205. The van der Waals surface area contributed by atoms with Crippen molar-refractivity contribution in [3.8, 4) is 11.5 Å². The summed E-state index contributed by atoms with van der Waals surface area (Å²) in [6, 6.07) is 12.3. The molecule has 0 bridgehead atoms. The van der Waals surface area contributed by atoms with E-state index in [0.717, 1.165) is 5.56 Å². The SMILES string of the molecule is COc1ccccc1C[C@H](NC(=O)c1ccc(OC(C)=O)cc1)C(N)=O. The first kappa shape index (κ1) is 19.0. The van der Waals surface area contributed by atoms with E-state index in [1.807, 2.05) is 12.1 Å². The quantitative estimate of drug-likeness (QED) is 0.577. The first-order valence-corrected chi connectivity index (χ1v) is 7.91. The average Bonchev–Trinajstić information content (AvgIpc) is 2.61. The molecule has 0 spiro atoms. The number of para-hydroxylation sites is 1. The minimum Gasteiger partial charge on any atom is -0.496 e. The van der Waals surface area contributed by atoms with Gasteiger partial charge in [0.2, 0.25) is 5.91 Å². The molecule has 2 amide bonds. The second kappa shape index (κ2) is 8.66. The number of hydrogen-bond acceptors (Lipinski definition) is 5. The summed E-state index contributed by atoms with van der Waals surface area (Å²) in [6.45, 7) is 1.29. The smallest absolute Gasteiger partial charge is 0.308 e. The molecule has 0 heterocycles. The second-order valence-corrected chi connectivity index (χ2v) is 5.56. The predicted molar refractivity (Wildman–Crippen MR) is 94.9 cm³/mol. The molecular weight excluding hydrogens is 336 g/mol. The number of benzene rings is 2. The fourth-order valence-corrected chi connectivity index (χ4v) is 2.40. The molecule has 1 atom stereocenters. The number of amides is 2. The van der Waals surface area contributed by atoms with Crippen molar-refractivity contribution >= 4 is 17.8 Å². The van der Waals surface area contributed by atoms with Gasteiger partial charge >= 0.3 is 5.97 Å². The Balaban J connectivity index is 2.10. The van der Waals surface area contributed by atoms with E-state index in [9.17, 15) is 14.4 Å². The minimum absolute atomic E-state index is 0.205. The molecule has 0 fully saturated rings. The topological polar surface area (TPSA) is 108 Å². The minimum atomic E-state index is -0.896. The summed E-state index contributed by atoms with van der Waals surface area (Å²) in [5.41, 5.74) is 6.50. The Hall–Kier alpha value is -3.35. The molecule has 0 aliphatic rings. The van der Waals surface area contributed by atoms with Gasteiger partial charge in [-0.2, -0.15) is 0 Å². The largest absolute Gasteiger partial charge is 0.496 e. The standard InChI is InChI=1S/C19H20N2O5/c1-12(22)26-15-9-7-13(8-10-15)19(24)21-16(18(20)23)11-14-5-3-4-6-17(14)25-2/h3-10,16H,11H2,1-2H3,(H2,20,23)(H,21,24)/t16-/m0/s1. The molecule has 0 aliphatic carbocycles. The molecule has 2 rings (SSSR count). The van der Waals surface area contributed by atoms with E-state index in [2.05, 4.69) is 5.32 Å². The maximum atomic E-state index is 12.4. The summed E-state index contributed by atoms with van der Waals surface area (Å²) in [5.74, 6) is -0.625. The van der Waals surface area contributed by atoms with Gasteiger partial charge < -0.3 is 20.5 Å². The summed E-state index contributed by atoms with van der Waals surface area (Å²) in [7, 11) is 1.53. The first-order chi connectivity index (χ1) is 12.4. The highest BCUT2D eigenvalue weighted by Crippen LogP contribution is 2.19. The molecule has 7 nitrogen and oxygen atoms in total. The van der Waals surface area contributed by atoms with Gasteiger partial charge in [-0.05, 0) is 35.9 Å². The Bertz CT molecular complexity index is 802. The van der Waals surface area contributed by atoms with Crippen molar-refractivity contribution in [2.45, 2.75) is 19.4 Å².